The SMILES string of the molecule is O=C(COC(=O)Cc1sc(-c2ccccc2)nc1-c1cccs1)Nc1ccc2c(c1)OCO2. The number of amides is 1. The fourth-order valence-electron chi connectivity index (χ4n) is 3.28. The summed E-state index contributed by atoms with van der Waals surface area (Å²) in [6.07, 6.45) is 0.0367. The van der Waals surface area contributed by atoms with E-state index in [0.717, 1.165) is 26.0 Å². The van der Waals surface area contributed by atoms with Crippen LogP contribution in [0, 0.1) is 0 Å². The Bertz CT molecular complexity index is 1290. The number of esters is 1. The second-order valence-electron chi connectivity index (χ2n) is 7.09. The van der Waals surface area contributed by atoms with E-state index in [2.05, 4.69) is 5.32 Å². The van der Waals surface area contributed by atoms with Crippen LogP contribution in [0.25, 0.3) is 21.1 Å². The quantitative estimate of drug-likeness (QED) is 0.377. The maximum absolute atomic E-state index is 12.5. The average molecular weight is 479 g/mol. The molecule has 7 nitrogen and oxygen atoms in total. The molecule has 0 fully saturated rings. The first-order valence-corrected chi connectivity index (χ1v) is 11.8. The molecule has 0 unspecified atom stereocenters. The zero-order chi connectivity index (χ0) is 22.6. The number of aromatic nitrogens is 1. The molecule has 1 aliphatic heterocycles. The Kier molecular flexibility index (Phi) is 6.05. The van der Waals surface area contributed by atoms with Gasteiger partial charge in [0.05, 0.1) is 17.0 Å². The monoisotopic (exact) mass is 478 g/mol. The molecule has 0 saturated carbocycles. The minimum absolute atomic E-state index is 0.0367. The predicted molar refractivity (Wildman–Crippen MR) is 127 cm³/mol. The van der Waals surface area contributed by atoms with Crippen LogP contribution in [0.4, 0.5) is 5.69 Å². The summed E-state index contributed by atoms with van der Waals surface area (Å²) >= 11 is 3.02. The van der Waals surface area contributed by atoms with E-state index in [-0.39, 0.29) is 19.8 Å². The Morgan fingerprint density at radius 3 is 2.70 bits per heavy atom. The van der Waals surface area contributed by atoms with E-state index in [0.29, 0.717) is 17.2 Å². The second kappa shape index (κ2) is 9.43. The smallest absolute Gasteiger partial charge is 0.311 e. The Hall–Kier alpha value is -3.69. The molecule has 1 aliphatic rings. The van der Waals surface area contributed by atoms with Crippen molar-refractivity contribution < 1.29 is 23.8 Å². The van der Waals surface area contributed by atoms with Gasteiger partial charge in [-0.2, -0.15) is 0 Å². The highest BCUT2D eigenvalue weighted by Gasteiger charge is 2.19. The fraction of sp³-hybridized carbons (Fsp3) is 0.125. The number of ether oxygens (including phenoxy) is 3. The topological polar surface area (TPSA) is 86.8 Å². The number of nitrogens with one attached hydrogen (secondary N) is 1. The Labute approximate surface area is 197 Å². The molecule has 0 saturated heterocycles. The van der Waals surface area contributed by atoms with Crippen LogP contribution in [0.15, 0.2) is 66.0 Å². The summed E-state index contributed by atoms with van der Waals surface area (Å²) in [5.74, 6) is 0.262. The van der Waals surface area contributed by atoms with Crippen LogP contribution in [0.1, 0.15) is 4.88 Å². The molecule has 2 aromatic carbocycles. The van der Waals surface area contributed by atoms with Crippen LogP contribution in [0.5, 0.6) is 11.5 Å². The zero-order valence-corrected chi connectivity index (χ0v) is 18.9. The van der Waals surface area contributed by atoms with Crippen molar-refractivity contribution in [2.24, 2.45) is 0 Å². The van der Waals surface area contributed by atoms with Crippen LogP contribution >= 0.6 is 22.7 Å². The van der Waals surface area contributed by atoms with Crippen molar-refractivity contribution in [3.05, 3.63) is 70.9 Å². The predicted octanol–water partition coefficient (Wildman–Crippen LogP) is 4.99. The maximum Gasteiger partial charge on any atom is 0.311 e. The molecular weight excluding hydrogens is 460 g/mol. The fourth-order valence-corrected chi connectivity index (χ4v) is 5.15. The molecule has 33 heavy (non-hydrogen) atoms. The van der Waals surface area contributed by atoms with Crippen molar-refractivity contribution >= 4 is 40.2 Å². The highest BCUT2D eigenvalue weighted by Crippen LogP contribution is 2.36. The molecule has 2 aromatic heterocycles. The molecule has 0 spiro atoms. The van der Waals surface area contributed by atoms with Gasteiger partial charge in [-0.05, 0) is 23.6 Å². The molecule has 4 aromatic rings. The van der Waals surface area contributed by atoms with E-state index >= 15 is 0 Å². The lowest BCUT2D eigenvalue weighted by molar-refractivity contribution is -0.146. The first kappa shape index (κ1) is 21.2. The molecule has 9 heteroatoms. The van der Waals surface area contributed by atoms with Gasteiger partial charge in [0.25, 0.3) is 5.91 Å². The minimum Gasteiger partial charge on any atom is -0.455 e. The molecule has 5 rings (SSSR count). The summed E-state index contributed by atoms with van der Waals surface area (Å²) in [4.78, 5) is 31.3. The van der Waals surface area contributed by atoms with Crippen molar-refractivity contribution in [2.45, 2.75) is 6.42 Å². The van der Waals surface area contributed by atoms with E-state index in [9.17, 15) is 9.59 Å². The average Bonchev–Trinajstić information content (AvgIpc) is 3.58. The third-order valence-corrected chi connectivity index (χ3v) is 6.78. The molecular formula is C24H18N2O5S2. The first-order chi connectivity index (χ1) is 16.2. The number of thiazole rings is 1. The second-order valence-corrected chi connectivity index (χ2v) is 9.12. The molecule has 0 aliphatic carbocycles. The summed E-state index contributed by atoms with van der Waals surface area (Å²) < 4.78 is 15.8. The van der Waals surface area contributed by atoms with Crippen molar-refractivity contribution in [1.29, 1.82) is 0 Å². The molecule has 0 bridgehead atoms. The van der Waals surface area contributed by atoms with Gasteiger partial charge in [0, 0.05) is 22.2 Å². The van der Waals surface area contributed by atoms with Gasteiger partial charge in [0.15, 0.2) is 18.1 Å². The normalized spacial score (nSPS) is 11.9. The van der Waals surface area contributed by atoms with Crippen molar-refractivity contribution in [3.63, 3.8) is 0 Å². The molecule has 0 atom stereocenters. The Morgan fingerprint density at radius 2 is 1.88 bits per heavy atom. The largest absolute Gasteiger partial charge is 0.455 e. The summed E-state index contributed by atoms with van der Waals surface area (Å²) in [6, 6.07) is 18.8. The lowest BCUT2D eigenvalue weighted by Crippen LogP contribution is -2.21. The summed E-state index contributed by atoms with van der Waals surface area (Å²) in [5.41, 5.74) is 2.30. The van der Waals surface area contributed by atoms with Gasteiger partial charge in [0.1, 0.15) is 5.01 Å². The minimum atomic E-state index is -0.489. The van der Waals surface area contributed by atoms with Gasteiger partial charge in [-0.25, -0.2) is 4.98 Å². The summed E-state index contributed by atoms with van der Waals surface area (Å²) in [5, 5.41) is 5.50. The van der Waals surface area contributed by atoms with Crippen LogP contribution in [-0.4, -0.2) is 30.3 Å². The lowest BCUT2D eigenvalue weighted by Gasteiger charge is -2.07. The highest BCUT2D eigenvalue weighted by molar-refractivity contribution is 7.17. The van der Waals surface area contributed by atoms with Gasteiger partial charge in [-0.3, -0.25) is 9.59 Å². The first-order valence-electron chi connectivity index (χ1n) is 10.1. The number of benzene rings is 2. The maximum atomic E-state index is 12.5. The number of carbonyl (C=O) groups excluding carboxylic acids is 2. The standard InChI is InChI=1S/C24H18N2O5S2/c27-21(25-16-8-9-17-18(11-16)31-14-30-17)13-29-22(28)12-20-23(19-7-4-10-32-19)26-24(33-20)15-5-2-1-3-6-15/h1-11H,12-14H2,(H,25,27). The van der Waals surface area contributed by atoms with Crippen molar-refractivity contribution in [2.75, 3.05) is 18.7 Å². The van der Waals surface area contributed by atoms with Crippen LogP contribution < -0.4 is 14.8 Å². The van der Waals surface area contributed by atoms with Crippen LogP contribution in [-0.2, 0) is 20.7 Å². The van der Waals surface area contributed by atoms with E-state index in [4.69, 9.17) is 19.2 Å². The highest BCUT2D eigenvalue weighted by atomic mass is 32.1. The number of thiophene rings is 1. The molecule has 166 valence electrons. The molecule has 0 radical (unpaired) electrons. The number of fused-ring (bicyclic) bond motifs is 1. The Balaban J connectivity index is 1.24. The third-order valence-electron chi connectivity index (χ3n) is 4.80. The lowest BCUT2D eigenvalue weighted by atomic mass is 10.2. The van der Waals surface area contributed by atoms with Crippen molar-refractivity contribution in [1.82, 2.24) is 4.98 Å². The van der Waals surface area contributed by atoms with Gasteiger partial charge in [-0.1, -0.05) is 36.4 Å². The van der Waals surface area contributed by atoms with Crippen LogP contribution in [0.2, 0.25) is 0 Å². The van der Waals surface area contributed by atoms with Crippen LogP contribution in [0.3, 0.4) is 0 Å². The summed E-state index contributed by atoms with van der Waals surface area (Å²) in [7, 11) is 0. The van der Waals surface area contributed by atoms with Gasteiger partial charge in [-0.15, -0.1) is 22.7 Å². The Morgan fingerprint density at radius 1 is 1.03 bits per heavy atom. The number of rotatable bonds is 7. The number of nitrogens with zero attached hydrogens (tertiary/aromatic N) is 1. The molecule has 3 heterocycles. The van der Waals surface area contributed by atoms with Gasteiger partial charge in [0.2, 0.25) is 6.79 Å². The number of anilines is 1. The zero-order valence-electron chi connectivity index (χ0n) is 17.3. The summed E-state index contributed by atoms with van der Waals surface area (Å²) in [6.45, 7) is -0.229. The van der Waals surface area contributed by atoms with E-state index in [1.807, 2.05) is 47.8 Å². The number of hydrogen-bond acceptors (Lipinski definition) is 8. The molecule has 1 amide bonds. The molecule has 1 N–H and O–H groups in total. The number of carbonyl (C=O) groups is 2. The number of hydrogen-bond donors (Lipinski definition) is 1. The van der Waals surface area contributed by atoms with Gasteiger partial charge < -0.3 is 19.5 Å². The third kappa shape index (κ3) is 4.89. The van der Waals surface area contributed by atoms with E-state index in [1.54, 1.807) is 29.5 Å². The van der Waals surface area contributed by atoms with E-state index in [1.165, 1.54) is 11.3 Å². The van der Waals surface area contributed by atoms with Crippen molar-refractivity contribution in [3.8, 4) is 32.6 Å². The van der Waals surface area contributed by atoms with E-state index < -0.39 is 11.9 Å². The van der Waals surface area contributed by atoms with Gasteiger partial charge >= 0.3 is 5.97 Å².